The molecule has 0 aliphatic heterocycles. The minimum absolute atomic E-state index is 0.0203. The third-order valence-electron chi connectivity index (χ3n) is 3.01. The van der Waals surface area contributed by atoms with E-state index in [1.165, 1.54) is 0 Å². The molecule has 8 nitrogen and oxygen atoms in total. The van der Waals surface area contributed by atoms with E-state index in [-0.39, 0.29) is 18.4 Å². The Bertz CT molecular complexity index is 573. The van der Waals surface area contributed by atoms with Crippen LogP contribution < -0.4 is 0 Å². The highest BCUT2D eigenvalue weighted by Gasteiger charge is 2.25. The number of carboxylic acid groups (broad SMARTS) is 1. The van der Waals surface area contributed by atoms with Gasteiger partial charge in [-0.3, -0.25) is 4.79 Å². The van der Waals surface area contributed by atoms with Crippen LogP contribution in [-0.4, -0.2) is 40.8 Å². The minimum Gasteiger partial charge on any atom is -0.481 e. The van der Waals surface area contributed by atoms with Crippen LogP contribution in [0.25, 0.3) is 11.5 Å². The summed E-state index contributed by atoms with van der Waals surface area (Å²) in [6.07, 6.45) is 3.28. The number of imidazole rings is 1. The molecule has 1 atom stereocenters. The maximum atomic E-state index is 11.0. The summed E-state index contributed by atoms with van der Waals surface area (Å²) in [5.41, 5.74) is 0.751. The second-order valence-corrected chi connectivity index (χ2v) is 4.75. The molecule has 2 rings (SSSR count). The summed E-state index contributed by atoms with van der Waals surface area (Å²) in [5.74, 6) is -0.239. The number of aromatic nitrogens is 6. The lowest BCUT2D eigenvalue weighted by Gasteiger charge is -2.20. The van der Waals surface area contributed by atoms with E-state index in [4.69, 9.17) is 5.11 Å². The summed E-state index contributed by atoms with van der Waals surface area (Å²) < 4.78 is 3.36. The molecule has 1 N–H and O–H groups in total. The first-order valence-electron chi connectivity index (χ1n) is 5.97. The summed E-state index contributed by atoms with van der Waals surface area (Å²) in [6, 6.07) is -0.294. The molecule has 0 saturated carbocycles. The fourth-order valence-electron chi connectivity index (χ4n) is 1.94. The first-order chi connectivity index (χ1) is 9.00. The summed E-state index contributed by atoms with van der Waals surface area (Å²) in [6.45, 7) is 3.89. The van der Waals surface area contributed by atoms with Gasteiger partial charge >= 0.3 is 5.97 Å². The molecule has 2 aromatic heterocycles. The lowest BCUT2D eigenvalue weighted by Crippen LogP contribution is -2.21. The molecule has 0 spiro atoms. The number of aryl methyl sites for hydroxylation is 1. The Morgan fingerprint density at radius 3 is 2.74 bits per heavy atom. The molecule has 0 bridgehead atoms. The van der Waals surface area contributed by atoms with Gasteiger partial charge in [0.2, 0.25) is 5.82 Å². The standard InChI is InChI=1S/C11H16N6O2/c1-7(2)8(4-10(18)19)17-11(13-14-15-17)9-5-12-6-16(9)3/h5-8H,4H2,1-3H3,(H,18,19). The number of rotatable bonds is 5. The summed E-state index contributed by atoms with van der Waals surface area (Å²) in [5, 5.41) is 20.6. The van der Waals surface area contributed by atoms with Crippen molar-refractivity contribution in [2.24, 2.45) is 13.0 Å². The molecule has 2 heterocycles. The van der Waals surface area contributed by atoms with Crippen LogP contribution in [-0.2, 0) is 11.8 Å². The van der Waals surface area contributed by atoms with E-state index in [2.05, 4.69) is 20.5 Å². The lowest BCUT2D eigenvalue weighted by molar-refractivity contribution is -0.138. The van der Waals surface area contributed by atoms with Gasteiger partial charge in [0.15, 0.2) is 0 Å². The van der Waals surface area contributed by atoms with Gasteiger partial charge in [-0.15, -0.1) is 5.10 Å². The van der Waals surface area contributed by atoms with Crippen molar-refractivity contribution in [3.63, 3.8) is 0 Å². The third kappa shape index (κ3) is 2.61. The highest BCUT2D eigenvalue weighted by atomic mass is 16.4. The van der Waals surface area contributed by atoms with E-state index in [9.17, 15) is 4.79 Å². The highest BCUT2D eigenvalue weighted by Crippen LogP contribution is 2.25. The predicted octanol–water partition coefficient (Wildman–Crippen LogP) is 0.745. The van der Waals surface area contributed by atoms with Gasteiger partial charge in [0.1, 0.15) is 5.69 Å². The van der Waals surface area contributed by atoms with Crippen molar-refractivity contribution in [1.82, 2.24) is 29.8 Å². The molecule has 0 aromatic carbocycles. The Morgan fingerprint density at radius 2 is 2.21 bits per heavy atom. The first kappa shape index (κ1) is 13.2. The Kier molecular flexibility index (Phi) is 3.59. The van der Waals surface area contributed by atoms with Crippen molar-refractivity contribution in [2.75, 3.05) is 0 Å². The lowest BCUT2D eigenvalue weighted by atomic mass is 10.0. The van der Waals surface area contributed by atoms with E-state index in [1.54, 1.807) is 21.8 Å². The van der Waals surface area contributed by atoms with Gasteiger partial charge in [-0.25, -0.2) is 9.67 Å². The maximum Gasteiger partial charge on any atom is 0.305 e. The Morgan fingerprint density at radius 1 is 1.47 bits per heavy atom. The van der Waals surface area contributed by atoms with Crippen LogP contribution in [0.2, 0.25) is 0 Å². The quantitative estimate of drug-likeness (QED) is 0.855. The largest absolute Gasteiger partial charge is 0.481 e. The molecule has 0 amide bonds. The number of hydrogen-bond acceptors (Lipinski definition) is 5. The molecule has 19 heavy (non-hydrogen) atoms. The zero-order chi connectivity index (χ0) is 14.0. The number of carbonyl (C=O) groups is 1. The fourth-order valence-corrected chi connectivity index (χ4v) is 1.94. The van der Waals surface area contributed by atoms with Crippen molar-refractivity contribution in [1.29, 1.82) is 0 Å². The van der Waals surface area contributed by atoms with Crippen LogP contribution in [0, 0.1) is 5.92 Å². The zero-order valence-corrected chi connectivity index (χ0v) is 11.1. The molecule has 0 fully saturated rings. The van der Waals surface area contributed by atoms with Gasteiger partial charge in [0.25, 0.3) is 0 Å². The van der Waals surface area contributed by atoms with E-state index in [0.29, 0.717) is 5.82 Å². The monoisotopic (exact) mass is 264 g/mol. The molecule has 2 aromatic rings. The van der Waals surface area contributed by atoms with Gasteiger partial charge < -0.3 is 9.67 Å². The summed E-state index contributed by atoms with van der Waals surface area (Å²) in [4.78, 5) is 15.0. The Balaban J connectivity index is 2.42. The average Bonchev–Trinajstić information content (AvgIpc) is 2.93. The predicted molar refractivity (Wildman–Crippen MR) is 66.1 cm³/mol. The highest BCUT2D eigenvalue weighted by molar-refractivity contribution is 5.67. The van der Waals surface area contributed by atoms with Gasteiger partial charge in [-0.1, -0.05) is 13.8 Å². The van der Waals surface area contributed by atoms with E-state index in [1.807, 2.05) is 20.9 Å². The Hall–Kier alpha value is -2.25. The topological polar surface area (TPSA) is 98.7 Å². The van der Waals surface area contributed by atoms with Gasteiger partial charge in [0, 0.05) is 7.05 Å². The van der Waals surface area contributed by atoms with Crippen LogP contribution in [0.3, 0.4) is 0 Å². The van der Waals surface area contributed by atoms with Crippen molar-refractivity contribution in [3.05, 3.63) is 12.5 Å². The fraction of sp³-hybridized carbons (Fsp3) is 0.545. The number of carboxylic acids is 1. The molecular weight excluding hydrogens is 248 g/mol. The summed E-state index contributed by atoms with van der Waals surface area (Å²) >= 11 is 0. The molecule has 102 valence electrons. The van der Waals surface area contributed by atoms with Crippen LogP contribution in [0.1, 0.15) is 26.3 Å². The van der Waals surface area contributed by atoms with Crippen LogP contribution in [0.4, 0.5) is 0 Å². The van der Waals surface area contributed by atoms with E-state index < -0.39 is 5.97 Å². The molecule has 0 aliphatic carbocycles. The molecular formula is C11H16N6O2. The first-order valence-corrected chi connectivity index (χ1v) is 5.97. The smallest absolute Gasteiger partial charge is 0.305 e. The molecule has 0 radical (unpaired) electrons. The van der Waals surface area contributed by atoms with Crippen LogP contribution in [0.15, 0.2) is 12.5 Å². The second kappa shape index (κ2) is 5.17. The number of tetrazole rings is 1. The molecule has 0 saturated heterocycles. The van der Waals surface area contributed by atoms with E-state index in [0.717, 1.165) is 5.69 Å². The number of aliphatic carboxylic acids is 1. The van der Waals surface area contributed by atoms with Crippen molar-refractivity contribution < 1.29 is 9.90 Å². The summed E-state index contributed by atoms with van der Waals surface area (Å²) in [7, 11) is 1.84. The minimum atomic E-state index is -0.870. The number of hydrogen-bond donors (Lipinski definition) is 1. The van der Waals surface area contributed by atoms with Gasteiger partial charge in [-0.2, -0.15) is 0 Å². The molecule has 1 unspecified atom stereocenters. The van der Waals surface area contributed by atoms with Gasteiger partial charge in [0.05, 0.1) is 25.0 Å². The van der Waals surface area contributed by atoms with Crippen molar-refractivity contribution in [2.45, 2.75) is 26.3 Å². The Labute approximate surface area is 110 Å². The van der Waals surface area contributed by atoms with Crippen LogP contribution >= 0.6 is 0 Å². The third-order valence-corrected chi connectivity index (χ3v) is 3.01. The zero-order valence-electron chi connectivity index (χ0n) is 11.1. The second-order valence-electron chi connectivity index (χ2n) is 4.75. The van der Waals surface area contributed by atoms with E-state index >= 15 is 0 Å². The normalized spacial score (nSPS) is 12.8. The molecule has 8 heteroatoms. The maximum absolute atomic E-state index is 11.0. The average molecular weight is 264 g/mol. The van der Waals surface area contributed by atoms with Crippen molar-refractivity contribution in [3.8, 4) is 11.5 Å². The van der Waals surface area contributed by atoms with Crippen molar-refractivity contribution >= 4 is 5.97 Å². The van der Waals surface area contributed by atoms with Crippen LogP contribution in [0.5, 0.6) is 0 Å². The van der Waals surface area contributed by atoms with Gasteiger partial charge in [-0.05, 0) is 16.3 Å². The molecule has 0 aliphatic rings. The number of nitrogens with zero attached hydrogens (tertiary/aromatic N) is 6. The SMILES string of the molecule is CC(C)C(CC(=O)O)n1nnnc1-c1cncn1C.